The second-order valence-electron chi connectivity index (χ2n) is 6.10. The molecule has 0 unspecified atom stereocenters. The maximum absolute atomic E-state index is 5.64. The van der Waals surface area contributed by atoms with Crippen LogP contribution in [0.2, 0.25) is 0 Å². The van der Waals surface area contributed by atoms with Gasteiger partial charge in [0.25, 0.3) is 0 Å². The summed E-state index contributed by atoms with van der Waals surface area (Å²) in [6, 6.07) is 0. The molecule has 0 bridgehead atoms. The molecule has 3 heteroatoms. The number of quaternary nitrogens is 1. The van der Waals surface area contributed by atoms with Crippen LogP contribution in [0.15, 0.2) is 0 Å². The number of hydrogen-bond acceptors (Lipinski definition) is 1. The van der Waals surface area contributed by atoms with Crippen LogP contribution in [0, 0.1) is 0 Å². The Kier molecular flexibility index (Phi) is 15.6. The van der Waals surface area contributed by atoms with E-state index in [2.05, 4.69) is 28.1 Å². The van der Waals surface area contributed by atoms with Crippen molar-refractivity contribution in [3.8, 4) is 0 Å². The molecular weight excluding hydrogens is 246 g/mol. The normalized spacial score (nSPS) is 11.3. The standard InChI is InChI=1S/C15H34NO.ClH/c1-5-6-7-8-9-10-11-12-14-17-15-13-16(2,3)4;/h5-15H2,1-4H3;1H/q+1;/p-1. The fraction of sp³-hybridized carbons (Fsp3) is 1.00. The Hall–Kier alpha value is 0.210. The number of likely N-dealkylation sites (N-methyl/N-ethyl adjacent to an activating group) is 1. The zero-order valence-electron chi connectivity index (χ0n) is 13.0. The number of rotatable bonds is 12. The van der Waals surface area contributed by atoms with E-state index in [-0.39, 0.29) is 12.4 Å². The molecule has 0 aromatic heterocycles. The van der Waals surface area contributed by atoms with Crippen molar-refractivity contribution in [3.05, 3.63) is 0 Å². The zero-order chi connectivity index (χ0) is 13.0. The van der Waals surface area contributed by atoms with Crippen LogP contribution in [0.1, 0.15) is 58.3 Å². The third-order valence-corrected chi connectivity index (χ3v) is 3.05. The van der Waals surface area contributed by atoms with Gasteiger partial charge in [0.2, 0.25) is 0 Å². The predicted octanol–water partition coefficient (Wildman–Crippen LogP) is 0.854. The summed E-state index contributed by atoms with van der Waals surface area (Å²) in [5.41, 5.74) is 0. The Morgan fingerprint density at radius 3 is 1.72 bits per heavy atom. The van der Waals surface area contributed by atoms with Crippen molar-refractivity contribution in [2.45, 2.75) is 58.3 Å². The lowest BCUT2D eigenvalue weighted by atomic mass is 10.1. The van der Waals surface area contributed by atoms with Crippen LogP contribution in [0.5, 0.6) is 0 Å². The molecule has 0 aromatic carbocycles. The summed E-state index contributed by atoms with van der Waals surface area (Å²) >= 11 is 0. The second-order valence-corrected chi connectivity index (χ2v) is 6.10. The van der Waals surface area contributed by atoms with Crippen molar-refractivity contribution in [1.29, 1.82) is 0 Å². The maximum Gasteiger partial charge on any atom is 0.102 e. The highest BCUT2D eigenvalue weighted by molar-refractivity contribution is 4.45. The third-order valence-electron chi connectivity index (χ3n) is 3.05. The first-order valence-electron chi connectivity index (χ1n) is 7.44. The highest BCUT2D eigenvalue weighted by Gasteiger charge is 2.05. The van der Waals surface area contributed by atoms with Crippen LogP contribution in [-0.2, 0) is 4.74 Å². The summed E-state index contributed by atoms with van der Waals surface area (Å²) in [5, 5.41) is 0. The summed E-state index contributed by atoms with van der Waals surface area (Å²) in [5.74, 6) is 0. The van der Waals surface area contributed by atoms with E-state index in [1.165, 1.54) is 51.4 Å². The highest BCUT2D eigenvalue weighted by atomic mass is 35.5. The Bertz CT molecular complexity index is 157. The average Bonchev–Trinajstić information content (AvgIpc) is 2.24. The fourth-order valence-corrected chi connectivity index (χ4v) is 1.78. The molecule has 0 atom stereocenters. The molecule has 0 saturated carbocycles. The minimum absolute atomic E-state index is 0. The SMILES string of the molecule is CCCCCCCCCCOCC[N+](C)(C)C.[Cl-]. The van der Waals surface area contributed by atoms with Gasteiger partial charge in [0.15, 0.2) is 0 Å². The largest absolute Gasteiger partial charge is 1.00 e. The summed E-state index contributed by atoms with van der Waals surface area (Å²) in [6.07, 6.45) is 11.0. The zero-order valence-corrected chi connectivity index (χ0v) is 13.8. The number of ether oxygens (including phenoxy) is 1. The lowest BCUT2D eigenvalue weighted by Crippen LogP contribution is -3.00. The molecule has 0 heterocycles. The van der Waals surface area contributed by atoms with Crippen molar-refractivity contribution < 1.29 is 21.6 Å². The predicted molar refractivity (Wildman–Crippen MR) is 76.3 cm³/mol. The maximum atomic E-state index is 5.64. The van der Waals surface area contributed by atoms with Gasteiger partial charge in [-0.05, 0) is 6.42 Å². The molecule has 112 valence electrons. The van der Waals surface area contributed by atoms with Gasteiger partial charge in [0.1, 0.15) is 6.54 Å². The van der Waals surface area contributed by atoms with Gasteiger partial charge < -0.3 is 21.6 Å². The molecule has 0 radical (unpaired) electrons. The fourth-order valence-electron chi connectivity index (χ4n) is 1.78. The number of hydrogen-bond donors (Lipinski definition) is 0. The molecule has 0 amide bonds. The van der Waals surface area contributed by atoms with E-state index in [1.54, 1.807) is 0 Å². The van der Waals surface area contributed by atoms with E-state index in [0.717, 1.165) is 24.2 Å². The van der Waals surface area contributed by atoms with Crippen molar-refractivity contribution >= 4 is 0 Å². The molecule has 0 aliphatic rings. The van der Waals surface area contributed by atoms with Gasteiger partial charge in [0.05, 0.1) is 27.7 Å². The van der Waals surface area contributed by atoms with Crippen LogP contribution in [0.3, 0.4) is 0 Å². The minimum atomic E-state index is 0. The first-order valence-corrected chi connectivity index (χ1v) is 7.44. The van der Waals surface area contributed by atoms with Crippen LogP contribution in [-0.4, -0.2) is 45.4 Å². The molecule has 0 aliphatic carbocycles. The molecule has 0 spiro atoms. The monoisotopic (exact) mass is 279 g/mol. The molecule has 0 aliphatic heterocycles. The molecule has 0 rings (SSSR count). The first-order chi connectivity index (χ1) is 8.06. The number of nitrogens with zero attached hydrogens (tertiary/aromatic N) is 1. The second kappa shape index (κ2) is 13.6. The molecule has 18 heavy (non-hydrogen) atoms. The van der Waals surface area contributed by atoms with Gasteiger partial charge in [-0.2, -0.15) is 0 Å². The van der Waals surface area contributed by atoms with Gasteiger partial charge in [-0.3, -0.25) is 0 Å². The number of halogens is 1. The van der Waals surface area contributed by atoms with Gasteiger partial charge in [-0.25, -0.2) is 0 Å². The smallest absolute Gasteiger partial charge is 0.102 e. The average molecular weight is 280 g/mol. The molecule has 0 fully saturated rings. The van der Waals surface area contributed by atoms with E-state index in [9.17, 15) is 0 Å². The third kappa shape index (κ3) is 18.6. The van der Waals surface area contributed by atoms with E-state index in [4.69, 9.17) is 4.74 Å². The van der Waals surface area contributed by atoms with Gasteiger partial charge in [-0.1, -0.05) is 51.9 Å². The number of unbranched alkanes of at least 4 members (excludes halogenated alkanes) is 7. The molecule has 0 saturated heterocycles. The highest BCUT2D eigenvalue weighted by Crippen LogP contribution is 2.08. The van der Waals surface area contributed by atoms with E-state index < -0.39 is 0 Å². The van der Waals surface area contributed by atoms with E-state index >= 15 is 0 Å². The summed E-state index contributed by atoms with van der Waals surface area (Å²) in [4.78, 5) is 0. The van der Waals surface area contributed by atoms with Gasteiger partial charge in [0, 0.05) is 6.61 Å². The summed E-state index contributed by atoms with van der Waals surface area (Å²) in [7, 11) is 6.62. The van der Waals surface area contributed by atoms with E-state index in [1.807, 2.05) is 0 Å². The van der Waals surface area contributed by atoms with Crippen LogP contribution in [0.4, 0.5) is 0 Å². The van der Waals surface area contributed by atoms with Crippen molar-refractivity contribution in [2.24, 2.45) is 0 Å². The Balaban J connectivity index is 0. The quantitative estimate of drug-likeness (QED) is 0.380. The van der Waals surface area contributed by atoms with Crippen LogP contribution >= 0.6 is 0 Å². The Labute approximate surface area is 121 Å². The topological polar surface area (TPSA) is 9.23 Å². The van der Waals surface area contributed by atoms with Crippen molar-refractivity contribution in [1.82, 2.24) is 0 Å². The summed E-state index contributed by atoms with van der Waals surface area (Å²) < 4.78 is 6.64. The lowest BCUT2D eigenvalue weighted by Gasteiger charge is -2.23. The minimum Gasteiger partial charge on any atom is -1.00 e. The molecular formula is C15H34ClNO. The lowest BCUT2D eigenvalue weighted by molar-refractivity contribution is -0.870. The van der Waals surface area contributed by atoms with Crippen molar-refractivity contribution in [2.75, 3.05) is 40.9 Å². The summed E-state index contributed by atoms with van der Waals surface area (Å²) in [6.45, 7) is 5.24. The Morgan fingerprint density at radius 1 is 0.722 bits per heavy atom. The van der Waals surface area contributed by atoms with E-state index in [0.29, 0.717) is 0 Å². The first kappa shape index (κ1) is 20.5. The molecule has 2 nitrogen and oxygen atoms in total. The molecule has 0 N–H and O–H groups in total. The van der Waals surface area contributed by atoms with Gasteiger partial charge in [-0.15, -0.1) is 0 Å². The van der Waals surface area contributed by atoms with Gasteiger partial charge >= 0.3 is 0 Å². The Morgan fingerprint density at radius 2 is 1.22 bits per heavy atom. The van der Waals surface area contributed by atoms with Crippen molar-refractivity contribution in [3.63, 3.8) is 0 Å². The van der Waals surface area contributed by atoms with Crippen LogP contribution < -0.4 is 12.4 Å². The molecule has 0 aromatic rings. The van der Waals surface area contributed by atoms with Crippen LogP contribution in [0.25, 0.3) is 0 Å².